The van der Waals surface area contributed by atoms with Gasteiger partial charge in [-0.05, 0) is 23.3 Å². The Kier molecular flexibility index (Phi) is 5.19. The molecule has 0 radical (unpaired) electrons. The molecule has 5 heteroatoms. The van der Waals surface area contributed by atoms with Crippen molar-refractivity contribution in [3.05, 3.63) is 94.5 Å². The lowest BCUT2D eigenvalue weighted by Crippen LogP contribution is -2.05. The van der Waals surface area contributed by atoms with Crippen molar-refractivity contribution < 1.29 is 14.3 Å². The van der Waals surface area contributed by atoms with Crippen molar-refractivity contribution in [1.82, 2.24) is 4.98 Å². The second-order valence-electron chi connectivity index (χ2n) is 6.69. The molecule has 29 heavy (non-hydrogen) atoms. The fourth-order valence-corrected chi connectivity index (χ4v) is 3.59. The van der Waals surface area contributed by atoms with Gasteiger partial charge in [-0.1, -0.05) is 72.3 Å². The van der Waals surface area contributed by atoms with E-state index in [1.165, 1.54) is 7.11 Å². The van der Waals surface area contributed by atoms with Gasteiger partial charge >= 0.3 is 5.97 Å². The van der Waals surface area contributed by atoms with Crippen molar-refractivity contribution in [3.63, 3.8) is 0 Å². The number of methoxy groups -OCH3 is 1. The molecule has 0 fully saturated rings. The minimum Gasteiger partial charge on any atom is -0.469 e. The summed E-state index contributed by atoms with van der Waals surface area (Å²) in [5.74, 6) is -0.353. The molecule has 4 rings (SSSR count). The normalized spacial score (nSPS) is 10.8. The van der Waals surface area contributed by atoms with E-state index in [1.54, 1.807) is 30.3 Å². The first-order valence-electron chi connectivity index (χ1n) is 9.14. The van der Waals surface area contributed by atoms with E-state index in [0.29, 0.717) is 16.1 Å². The summed E-state index contributed by atoms with van der Waals surface area (Å²) in [7, 11) is 1.37. The van der Waals surface area contributed by atoms with E-state index in [1.807, 2.05) is 42.5 Å². The zero-order valence-corrected chi connectivity index (χ0v) is 16.5. The van der Waals surface area contributed by atoms with Crippen LogP contribution in [-0.4, -0.2) is 23.8 Å². The summed E-state index contributed by atoms with van der Waals surface area (Å²) in [5, 5.41) is 1.53. The maximum absolute atomic E-state index is 12.6. The molecule has 0 amide bonds. The highest BCUT2D eigenvalue weighted by molar-refractivity contribution is 6.31. The molecule has 0 aliphatic rings. The van der Waals surface area contributed by atoms with Gasteiger partial charge < -0.3 is 9.72 Å². The number of fused-ring (bicyclic) bond motifs is 1. The van der Waals surface area contributed by atoms with E-state index in [-0.39, 0.29) is 18.2 Å². The number of esters is 1. The van der Waals surface area contributed by atoms with E-state index in [4.69, 9.17) is 16.3 Å². The summed E-state index contributed by atoms with van der Waals surface area (Å²) in [6, 6.07) is 22.0. The molecule has 0 unspecified atom stereocenters. The van der Waals surface area contributed by atoms with E-state index in [2.05, 4.69) is 4.98 Å². The van der Waals surface area contributed by atoms with Crippen molar-refractivity contribution in [2.45, 2.75) is 6.42 Å². The Balaban J connectivity index is 1.75. The Morgan fingerprint density at radius 1 is 0.931 bits per heavy atom. The number of ether oxygens (including phenoxy) is 1. The Labute approximate surface area is 173 Å². The van der Waals surface area contributed by atoms with Gasteiger partial charge in [-0.15, -0.1) is 0 Å². The van der Waals surface area contributed by atoms with E-state index in [0.717, 1.165) is 27.7 Å². The number of nitrogens with one attached hydrogen (secondary N) is 1. The van der Waals surface area contributed by atoms with Crippen LogP contribution in [0.5, 0.6) is 0 Å². The summed E-state index contributed by atoms with van der Waals surface area (Å²) < 4.78 is 4.86. The molecule has 4 nitrogen and oxygen atoms in total. The number of halogens is 1. The number of carbonyl (C=O) groups is 2. The lowest BCUT2D eigenvalue weighted by molar-refractivity contribution is -0.139. The van der Waals surface area contributed by atoms with Crippen LogP contribution < -0.4 is 0 Å². The Morgan fingerprint density at radius 3 is 2.31 bits per heavy atom. The second-order valence-corrected chi connectivity index (χ2v) is 7.13. The van der Waals surface area contributed by atoms with Crippen molar-refractivity contribution in [2.75, 3.05) is 7.11 Å². The topological polar surface area (TPSA) is 59.2 Å². The third kappa shape index (κ3) is 3.80. The molecule has 0 saturated heterocycles. The van der Waals surface area contributed by atoms with Crippen LogP contribution in [0.2, 0.25) is 5.02 Å². The number of rotatable bonds is 5. The zero-order chi connectivity index (χ0) is 20.4. The quantitative estimate of drug-likeness (QED) is 0.357. The summed E-state index contributed by atoms with van der Waals surface area (Å²) in [5.41, 5.74) is 4.62. The van der Waals surface area contributed by atoms with Crippen molar-refractivity contribution in [1.29, 1.82) is 0 Å². The maximum Gasteiger partial charge on any atom is 0.310 e. The molecular formula is C24H18ClNO3. The van der Waals surface area contributed by atoms with Crippen LogP contribution in [0.4, 0.5) is 0 Å². The number of benzene rings is 3. The van der Waals surface area contributed by atoms with Gasteiger partial charge in [-0.25, -0.2) is 0 Å². The van der Waals surface area contributed by atoms with Gasteiger partial charge in [0.15, 0.2) is 5.78 Å². The maximum atomic E-state index is 12.6. The molecular weight excluding hydrogens is 386 g/mol. The smallest absolute Gasteiger partial charge is 0.310 e. The average molecular weight is 404 g/mol. The molecule has 1 aromatic heterocycles. The average Bonchev–Trinajstić information content (AvgIpc) is 3.11. The van der Waals surface area contributed by atoms with E-state index >= 15 is 0 Å². The fraction of sp³-hybridized carbons (Fsp3) is 0.0833. The number of hydrogen-bond acceptors (Lipinski definition) is 3. The van der Waals surface area contributed by atoms with Crippen LogP contribution in [0, 0.1) is 0 Å². The first kappa shape index (κ1) is 19.0. The van der Waals surface area contributed by atoms with Crippen LogP contribution in [-0.2, 0) is 16.0 Å². The zero-order valence-electron chi connectivity index (χ0n) is 15.7. The van der Waals surface area contributed by atoms with Crippen LogP contribution in [0.25, 0.3) is 22.2 Å². The monoisotopic (exact) mass is 403 g/mol. The van der Waals surface area contributed by atoms with Crippen LogP contribution in [0.15, 0.2) is 72.8 Å². The molecule has 1 N–H and O–H groups in total. The highest BCUT2D eigenvalue weighted by Crippen LogP contribution is 2.32. The van der Waals surface area contributed by atoms with Gasteiger partial charge in [-0.3, -0.25) is 9.59 Å². The van der Waals surface area contributed by atoms with Gasteiger partial charge in [0.1, 0.15) is 0 Å². The lowest BCUT2D eigenvalue weighted by Gasteiger charge is -2.06. The first-order chi connectivity index (χ1) is 14.1. The predicted octanol–water partition coefficient (Wildman–Crippen LogP) is 5.43. The number of aromatic amines is 1. The van der Waals surface area contributed by atoms with E-state index in [9.17, 15) is 9.59 Å². The minimum atomic E-state index is -0.321. The molecule has 144 valence electrons. The number of aromatic nitrogens is 1. The van der Waals surface area contributed by atoms with Crippen molar-refractivity contribution in [2.24, 2.45) is 0 Å². The molecule has 4 aromatic rings. The molecule has 3 aromatic carbocycles. The molecule has 1 heterocycles. The predicted molar refractivity (Wildman–Crippen MR) is 114 cm³/mol. The molecule has 0 atom stereocenters. The molecule has 0 saturated carbocycles. The summed E-state index contributed by atoms with van der Waals surface area (Å²) >= 11 is 6.12. The van der Waals surface area contributed by atoms with Crippen LogP contribution >= 0.6 is 11.6 Å². The van der Waals surface area contributed by atoms with Gasteiger partial charge in [-0.2, -0.15) is 0 Å². The summed E-state index contributed by atoms with van der Waals surface area (Å²) in [6.45, 7) is 0. The first-order valence-corrected chi connectivity index (χ1v) is 9.51. The molecule has 0 aliphatic heterocycles. The number of ketones is 1. The largest absolute Gasteiger partial charge is 0.469 e. The van der Waals surface area contributed by atoms with Crippen molar-refractivity contribution >= 4 is 34.3 Å². The summed E-state index contributed by atoms with van der Waals surface area (Å²) in [4.78, 5) is 28.0. The van der Waals surface area contributed by atoms with Crippen molar-refractivity contribution in [3.8, 4) is 11.3 Å². The standard InChI is InChI=1S/C24H18ClNO3/c1-29-22(27)14-20-19-12-11-18(25)13-21(19)26-23(20)15-7-9-17(10-8-15)24(28)16-5-3-2-4-6-16/h2-13,26H,14H2,1H3. The third-order valence-electron chi connectivity index (χ3n) is 4.89. The van der Waals surface area contributed by atoms with Gasteiger partial charge in [0.25, 0.3) is 0 Å². The Hall–Kier alpha value is -3.37. The number of carbonyl (C=O) groups excluding carboxylic acids is 2. The van der Waals surface area contributed by atoms with Crippen LogP contribution in [0.3, 0.4) is 0 Å². The summed E-state index contributed by atoms with van der Waals surface area (Å²) in [6.07, 6.45) is 0.137. The Bertz CT molecular complexity index is 1190. The lowest BCUT2D eigenvalue weighted by atomic mass is 9.99. The number of hydrogen-bond donors (Lipinski definition) is 1. The third-order valence-corrected chi connectivity index (χ3v) is 5.12. The highest BCUT2D eigenvalue weighted by Gasteiger charge is 2.17. The number of H-pyrrole nitrogens is 1. The molecule has 0 aliphatic carbocycles. The van der Waals surface area contributed by atoms with Gasteiger partial charge in [0.05, 0.1) is 19.2 Å². The molecule has 0 spiro atoms. The Morgan fingerprint density at radius 2 is 1.62 bits per heavy atom. The van der Waals surface area contributed by atoms with Gasteiger partial charge in [0.2, 0.25) is 0 Å². The molecule has 0 bridgehead atoms. The second kappa shape index (κ2) is 7.94. The highest BCUT2D eigenvalue weighted by atomic mass is 35.5. The SMILES string of the molecule is COC(=O)Cc1c(-c2ccc(C(=O)c3ccccc3)cc2)[nH]c2cc(Cl)ccc12. The van der Waals surface area contributed by atoms with E-state index < -0.39 is 0 Å². The fourth-order valence-electron chi connectivity index (χ4n) is 3.42. The minimum absolute atomic E-state index is 0.0321. The van der Waals surface area contributed by atoms with Crippen LogP contribution in [0.1, 0.15) is 21.5 Å². The van der Waals surface area contributed by atoms with Gasteiger partial charge in [0, 0.05) is 27.1 Å².